The average molecular weight is 241 g/mol. The van der Waals surface area contributed by atoms with Crippen LogP contribution < -0.4 is 10.6 Å². The van der Waals surface area contributed by atoms with E-state index < -0.39 is 0 Å². The number of hydrogen-bond acceptors (Lipinski definition) is 4. The van der Waals surface area contributed by atoms with Gasteiger partial charge in [-0.15, -0.1) is 0 Å². The van der Waals surface area contributed by atoms with Gasteiger partial charge in [-0.2, -0.15) is 0 Å². The fraction of sp³-hybridized carbons (Fsp3) is 0.636. The summed E-state index contributed by atoms with van der Waals surface area (Å²) in [5, 5.41) is 7.02. The Bertz CT molecular complexity index is 398. The van der Waals surface area contributed by atoms with E-state index in [1.54, 1.807) is 0 Å². The van der Waals surface area contributed by atoms with E-state index in [4.69, 9.17) is 11.6 Å². The lowest BCUT2D eigenvalue weighted by atomic mass is 10.1. The van der Waals surface area contributed by atoms with E-state index in [1.807, 2.05) is 0 Å². The van der Waals surface area contributed by atoms with Gasteiger partial charge in [-0.05, 0) is 32.4 Å². The Morgan fingerprint density at radius 1 is 1.31 bits per heavy atom. The molecule has 1 aromatic heterocycles. The maximum Gasteiger partial charge on any atom is 0.224 e. The van der Waals surface area contributed by atoms with Crippen molar-refractivity contribution in [3.63, 3.8) is 0 Å². The number of fused-ring (bicyclic) bond motifs is 1. The third-order valence-electron chi connectivity index (χ3n) is 2.40. The van der Waals surface area contributed by atoms with Crippen molar-refractivity contribution in [2.24, 2.45) is 0 Å². The van der Waals surface area contributed by atoms with E-state index >= 15 is 0 Å². The Morgan fingerprint density at radius 2 is 2.06 bits per heavy atom. The van der Waals surface area contributed by atoms with Crippen molar-refractivity contribution in [2.75, 3.05) is 11.9 Å². The first-order chi connectivity index (χ1) is 7.46. The third kappa shape index (κ3) is 2.62. The van der Waals surface area contributed by atoms with E-state index in [1.165, 1.54) is 0 Å². The van der Waals surface area contributed by atoms with Gasteiger partial charge in [-0.25, -0.2) is 9.97 Å². The molecule has 16 heavy (non-hydrogen) atoms. The van der Waals surface area contributed by atoms with Crippen molar-refractivity contribution in [1.82, 2.24) is 15.3 Å². The second kappa shape index (κ2) is 4.18. The Labute approximate surface area is 101 Å². The minimum absolute atomic E-state index is 0.0249. The Morgan fingerprint density at radius 3 is 2.75 bits per heavy atom. The maximum absolute atomic E-state index is 5.93. The van der Waals surface area contributed by atoms with Crippen LogP contribution in [-0.2, 0) is 13.0 Å². The summed E-state index contributed by atoms with van der Waals surface area (Å²) in [6, 6.07) is 0. The van der Waals surface area contributed by atoms with Gasteiger partial charge in [0.15, 0.2) is 0 Å². The normalized spacial score (nSPS) is 15.8. The minimum atomic E-state index is -0.0249. The van der Waals surface area contributed by atoms with Crippen LogP contribution in [0, 0.1) is 0 Å². The number of halogens is 1. The Kier molecular flexibility index (Phi) is 3.04. The van der Waals surface area contributed by atoms with Crippen LogP contribution in [0.3, 0.4) is 0 Å². The van der Waals surface area contributed by atoms with Gasteiger partial charge in [0, 0.05) is 30.6 Å². The van der Waals surface area contributed by atoms with E-state index in [0.717, 1.165) is 36.6 Å². The quantitative estimate of drug-likeness (QED) is 0.738. The van der Waals surface area contributed by atoms with Crippen LogP contribution in [0.5, 0.6) is 0 Å². The molecule has 0 aromatic carbocycles. The van der Waals surface area contributed by atoms with Crippen LogP contribution in [0.1, 0.15) is 32.0 Å². The van der Waals surface area contributed by atoms with Crippen molar-refractivity contribution < 1.29 is 0 Å². The van der Waals surface area contributed by atoms with Gasteiger partial charge in [-0.1, -0.05) is 0 Å². The fourth-order valence-corrected chi connectivity index (χ4v) is 1.96. The van der Waals surface area contributed by atoms with Crippen molar-refractivity contribution in [3.8, 4) is 0 Å². The summed E-state index contributed by atoms with van der Waals surface area (Å²) in [4.78, 5) is 8.55. The highest BCUT2D eigenvalue weighted by Crippen LogP contribution is 2.24. The smallest absolute Gasteiger partial charge is 0.224 e. The second-order valence-electron chi connectivity index (χ2n) is 5.07. The number of anilines is 1. The topological polar surface area (TPSA) is 49.8 Å². The second-order valence-corrected chi connectivity index (χ2v) is 5.41. The van der Waals surface area contributed by atoms with Crippen molar-refractivity contribution in [3.05, 3.63) is 16.5 Å². The molecule has 0 amide bonds. The molecule has 0 aliphatic carbocycles. The highest BCUT2D eigenvalue weighted by atomic mass is 35.5. The molecule has 0 saturated carbocycles. The molecule has 2 heterocycles. The predicted octanol–water partition coefficient (Wildman–Crippen LogP) is 1.99. The zero-order chi connectivity index (χ0) is 11.8. The van der Waals surface area contributed by atoms with Crippen LogP contribution in [0.15, 0.2) is 0 Å². The molecule has 4 nitrogen and oxygen atoms in total. The molecule has 0 bridgehead atoms. The zero-order valence-electron chi connectivity index (χ0n) is 9.89. The number of rotatable bonds is 1. The molecule has 0 fully saturated rings. The molecule has 0 radical (unpaired) electrons. The van der Waals surface area contributed by atoms with Gasteiger partial charge in [0.1, 0.15) is 5.82 Å². The van der Waals surface area contributed by atoms with Crippen molar-refractivity contribution in [2.45, 2.75) is 39.3 Å². The van der Waals surface area contributed by atoms with E-state index in [0.29, 0.717) is 5.28 Å². The number of nitrogens with one attached hydrogen (secondary N) is 2. The molecule has 1 aliphatic heterocycles. The van der Waals surface area contributed by atoms with Crippen LogP contribution in [0.4, 0.5) is 5.82 Å². The largest absolute Gasteiger partial charge is 0.365 e. The maximum atomic E-state index is 5.93. The Balaban J connectivity index is 2.39. The molecule has 0 unspecified atom stereocenters. The summed E-state index contributed by atoms with van der Waals surface area (Å²) in [6.07, 6.45) is 0.913. The highest BCUT2D eigenvalue weighted by Gasteiger charge is 2.20. The molecular formula is C11H17ClN4. The Hall–Kier alpha value is -0.870. The summed E-state index contributed by atoms with van der Waals surface area (Å²) in [5.74, 6) is 0.856. The molecule has 0 atom stereocenters. The number of aromatic nitrogens is 2. The van der Waals surface area contributed by atoms with Gasteiger partial charge in [0.05, 0.1) is 5.69 Å². The third-order valence-corrected chi connectivity index (χ3v) is 2.57. The van der Waals surface area contributed by atoms with E-state index in [9.17, 15) is 0 Å². The van der Waals surface area contributed by atoms with Gasteiger partial charge in [-0.3, -0.25) is 0 Å². The molecular weight excluding hydrogens is 224 g/mol. The minimum Gasteiger partial charge on any atom is -0.365 e. The first-order valence-electron chi connectivity index (χ1n) is 5.50. The fourth-order valence-electron chi connectivity index (χ4n) is 1.77. The first-order valence-corrected chi connectivity index (χ1v) is 5.88. The summed E-state index contributed by atoms with van der Waals surface area (Å²) >= 11 is 5.93. The van der Waals surface area contributed by atoms with Gasteiger partial charge < -0.3 is 10.6 Å². The standard InChI is InChI=1S/C11H17ClN4/c1-11(2,3)16-9-7-6-13-5-4-8(7)14-10(12)15-9/h13H,4-6H2,1-3H3,(H,14,15,16). The summed E-state index contributed by atoms with van der Waals surface area (Å²) in [7, 11) is 0. The van der Waals surface area contributed by atoms with Crippen molar-refractivity contribution in [1.29, 1.82) is 0 Å². The van der Waals surface area contributed by atoms with Gasteiger partial charge in [0.25, 0.3) is 0 Å². The average Bonchev–Trinajstić information content (AvgIpc) is 2.14. The van der Waals surface area contributed by atoms with Crippen LogP contribution in [0.2, 0.25) is 5.28 Å². The molecule has 1 aromatic rings. The highest BCUT2D eigenvalue weighted by molar-refractivity contribution is 6.28. The van der Waals surface area contributed by atoms with E-state index in [2.05, 4.69) is 41.4 Å². The molecule has 0 saturated heterocycles. The SMILES string of the molecule is CC(C)(C)Nc1nc(Cl)nc2c1CNCC2. The zero-order valence-corrected chi connectivity index (χ0v) is 10.6. The monoisotopic (exact) mass is 240 g/mol. The number of nitrogens with zero attached hydrogens (tertiary/aromatic N) is 2. The first kappa shape index (κ1) is 11.6. The van der Waals surface area contributed by atoms with Gasteiger partial charge >= 0.3 is 0 Å². The molecule has 5 heteroatoms. The molecule has 2 rings (SSSR count). The van der Waals surface area contributed by atoms with Crippen LogP contribution in [0.25, 0.3) is 0 Å². The number of hydrogen-bond donors (Lipinski definition) is 2. The summed E-state index contributed by atoms with van der Waals surface area (Å²) < 4.78 is 0. The molecule has 2 N–H and O–H groups in total. The molecule has 0 spiro atoms. The van der Waals surface area contributed by atoms with Crippen LogP contribution in [-0.4, -0.2) is 22.1 Å². The lowest BCUT2D eigenvalue weighted by Gasteiger charge is -2.26. The predicted molar refractivity (Wildman–Crippen MR) is 65.8 cm³/mol. The van der Waals surface area contributed by atoms with Gasteiger partial charge in [0.2, 0.25) is 5.28 Å². The molecule has 88 valence electrons. The lowest BCUT2D eigenvalue weighted by molar-refractivity contribution is 0.605. The van der Waals surface area contributed by atoms with Crippen molar-refractivity contribution >= 4 is 17.4 Å². The molecule has 1 aliphatic rings. The van der Waals surface area contributed by atoms with Crippen LogP contribution >= 0.6 is 11.6 Å². The van der Waals surface area contributed by atoms with E-state index in [-0.39, 0.29) is 5.54 Å². The lowest BCUT2D eigenvalue weighted by Crippen LogP contribution is -2.31. The summed E-state index contributed by atoms with van der Waals surface area (Å²) in [5.41, 5.74) is 2.18. The summed E-state index contributed by atoms with van der Waals surface area (Å²) in [6.45, 7) is 8.07.